The summed E-state index contributed by atoms with van der Waals surface area (Å²) in [5.41, 5.74) is -2.10. The summed E-state index contributed by atoms with van der Waals surface area (Å²) >= 11 is 0. The van der Waals surface area contributed by atoms with Crippen molar-refractivity contribution in [3.63, 3.8) is 0 Å². The van der Waals surface area contributed by atoms with Crippen LogP contribution in [0.25, 0.3) is 0 Å². The van der Waals surface area contributed by atoms with Gasteiger partial charge in [-0.15, -0.1) is 0 Å². The summed E-state index contributed by atoms with van der Waals surface area (Å²) in [5.74, 6) is -2.54. The highest BCUT2D eigenvalue weighted by Gasteiger charge is 2.50. The molecule has 1 aliphatic rings. The minimum atomic E-state index is -4.34. The Labute approximate surface area is 173 Å². The van der Waals surface area contributed by atoms with Gasteiger partial charge in [-0.1, -0.05) is 13.8 Å². The minimum Gasteiger partial charge on any atom is -0.388 e. The molecule has 0 saturated carbocycles. The smallest absolute Gasteiger partial charge is 0.356 e. The van der Waals surface area contributed by atoms with E-state index in [1.807, 2.05) is 4.98 Å². The molecule has 7 atom stereocenters. The van der Waals surface area contributed by atoms with Crippen LogP contribution in [0.15, 0.2) is 4.79 Å². The van der Waals surface area contributed by atoms with E-state index in [0.29, 0.717) is 0 Å². The Kier molecular flexibility index (Phi) is 7.95. The number of halogens is 1. The molecular formula is C18H30FN2O8P. The van der Waals surface area contributed by atoms with Crippen molar-refractivity contribution >= 4 is 7.60 Å². The molecule has 1 aromatic heterocycles. The van der Waals surface area contributed by atoms with Gasteiger partial charge in [0.05, 0.1) is 11.7 Å². The number of hydrogen-bond donors (Lipinski definition) is 4. The number of ether oxygens (including phenoxy) is 2. The van der Waals surface area contributed by atoms with Crippen molar-refractivity contribution in [3.8, 4) is 0 Å². The third kappa shape index (κ3) is 5.16. The molecular weight excluding hydrogens is 422 g/mol. The van der Waals surface area contributed by atoms with E-state index in [4.69, 9.17) is 14.0 Å². The van der Waals surface area contributed by atoms with E-state index in [-0.39, 0.29) is 30.7 Å². The lowest BCUT2D eigenvalue weighted by molar-refractivity contribution is -0.0508. The Morgan fingerprint density at radius 3 is 2.60 bits per heavy atom. The zero-order valence-corrected chi connectivity index (χ0v) is 18.6. The Morgan fingerprint density at radius 2 is 2.07 bits per heavy atom. The second-order valence-electron chi connectivity index (χ2n) is 7.69. The number of hydrogen-bond acceptors (Lipinski definition) is 8. The highest BCUT2D eigenvalue weighted by molar-refractivity contribution is 7.53. The first kappa shape index (κ1) is 25.1. The van der Waals surface area contributed by atoms with Crippen LogP contribution in [-0.4, -0.2) is 61.9 Å². The molecule has 0 bridgehead atoms. The van der Waals surface area contributed by atoms with E-state index in [1.54, 1.807) is 20.8 Å². The topological polar surface area (TPSA) is 151 Å². The maximum Gasteiger partial charge on any atom is 0.356 e. The molecule has 4 unspecified atom stereocenters. The van der Waals surface area contributed by atoms with Crippen LogP contribution in [0.4, 0.5) is 4.39 Å². The number of nitrogens with one attached hydrogen (secondary N) is 1. The van der Waals surface area contributed by atoms with Crippen molar-refractivity contribution in [3.05, 3.63) is 27.7 Å². The first-order chi connectivity index (χ1) is 13.9. The number of rotatable bonds is 9. The zero-order valence-electron chi connectivity index (χ0n) is 17.7. The molecule has 30 heavy (non-hydrogen) atoms. The lowest BCUT2D eigenvalue weighted by Crippen LogP contribution is -2.39. The summed E-state index contributed by atoms with van der Waals surface area (Å²) in [6.45, 7) is 6.24. The number of methoxy groups -OCH3 is 1. The van der Waals surface area contributed by atoms with Crippen LogP contribution in [0.1, 0.15) is 57.5 Å². The van der Waals surface area contributed by atoms with Crippen LogP contribution in [-0.2, 0) is 18.6 Å². The molecule has 0 spiro atoms. The van der Waals surface area contributed by atoms with E-state index >= 15 is 0 Å². The van der Waals surface area contributed by atoms with E-state index in [1.165, 1.54) is 14.0 Å². The second-order valence-corrected chi connectivity index (χ2v) is 9.60. The largest absolute Gasteiger partial charge is 0.388 e. The van der Waals surface area contributed by atoms with Gasteiger partial charge in [-0.25, -0.2) is 4.98 Å². The monoisotopic (exact) mass is 452 g/mol. The minimum absolute atomic E-state index is 0.0271. The Hall–Kier alpha value is -1.20. The van der Waals surface area contributed by atoms with Gasteiger partial charge in [-0.2, -0.15) is 4.39 Å². The number of aromatic amines is 1. The zero-order chi connectivity index (χ0) is 22.9. The fourth-order valence-electron chi connectivity index (χ4n) is 3.39. The normalized spacial score (nSPS) is 29.4. The SMILES string of the molecule is CCC(O)P(=O)(O)OC(C)(CC)C[C@H]1O[C@@H](c2nc(C)c(=O)[nH]c2F)[C@@H](OC)C1O. The lowest BCUT2D eigenvalue weighted by Gasteiger charge is -2.34. The number of aliphatic hydroxyl groups is 2. The second kappa shape index (κ2) is 9.52. The quantitative estimate of drug-likeness (QED) is 0.409. The lowest BCUT2D eigenvalue weighted by atomic mass is 9.92. The van der Waals surface area contributed by atoms with Gasteiger partial charge in [0.15, 0.2) is 5.85 Å². The van der Waals surface area contributed by atoms with Crippen LogP contribution in [0.2, 0.25) is 0 Å². The van der Waals surface area contributed by atoms with Gasteiger partial charge in [-0.3, -0.25) is 14.3 Å². The summed E-state index contributed by atoms with van der Waals surface area (Å²) in [6.07, 6.45) is -4.02. The third-order valence-electron chi connectivity index (χ3n) is 5.42. The molecule has 2 heterocycles. The Balaban J connectivity index is 2.29. The standard InChI is InChI=1S/C18H30FN2O8P/c1-6-11(22)30(25,26)29-18(4,7-2)8-10-13(23)15(27-5)14(28-10)12-16(19)21-17(24)9(3)20-12/h10-11,13-15,22-23H,6-8H2,1-5H3,(H,21,24)(H,25,26)/t10-,11?,13?,14+,15+,18?/m1/s1. The van der Waals surface area contributed by atoms with E-state index in [9.17, 15) is 28.9 Å². The first-order valence-corrected chi connectivity index (χ1v) is 11.4. The number of aromatic nitrogens is 2. The van der Waals surface area contributed by atoms with E-state index < -0.39 is 55.0 Å². The molecule has 0 amide bonds. The summed E-state index contributed by atoms with van der Waals surface area (Å²) in [5, 5.41) is 20.5. The van der Waals surface area contributed by atoms with Crippen molar-refractivity contribution in [2.24, 2.45) is 0 Å². The van der Waals surface area contributed by atoms with Gasteiger partial charge in [0.25, 0.3) is 5.56 Å². The number of nitrogens with zero attached hydrogens (tertiary/aromatic N) is 1. The molecule has 1 aliphatic heterocycles. The molecule has 1 fully saturated rings. The molecule has 4 N–H and O–H groups in total. The molecule has 0 aliphatic carbocycles. The van der Waals surface area contributed by atoms with Crippen LogP contribution in [0.5, 0.6) is 0 Å². The Morgan fingerprint density at radius 1 is 1.43 bits per heavy atom. The predicted octanol–water partition coefficient (Wildman–Crippen LogP) is 1.52. The van der Waals surface area contributed by atoms with Gasteiger partial charge < -0.3 is 29.1 Å². The molecule has 0 aromatic carbocycles. The summed E-state index contributed by atoms with van der Waals surface area (Å²) < 4.78 is 43.2. The van der Waals surface area contributed by atoms with Crippen LogP contribution in [0, 0.1) is 12.9 Å². The van der Waals surface area contributed by atoms with Gasteiger partial charge in [0.1, 0.15) is 29.7 Å². The van der Waals surface area contributed by atoms with Crippen LogP contribution < -0.4 is 5.56 Å². The first-order valence-electron chi connectivity index (χ1n) is 9.73. The van der Waals surface area contributed by atoms with Crippen molar-refractivity contribution in [1.82, 2.24) is 9.97 Å². The van der Waals surface area contributed by atoms with Crippen molar-refractivity contribution < 1.29 is 38.1 Å². The van der Waals surface area contributed by atoms with Crippen LogP contribution in [0.3, 0.4) is 0 Å². The van der Waals surface area contributed by atoms with Gasteiger partial charge in [0.2, 0.25) is 5.95 Å². The molecule has 1 aromatic rings. The van der Waals surface area contributed by atoms with Gasteiger partial charge in [0, 0.05) is 13.5 Å². The summed E-state index contributed by atoms with van der Waals surface area (Å²) in [6, 6.07) is 0. The Bertz CT molecular complexity index is 852. The molecule has 0 radical (unpaired) electrons. The van der Waals surface area contributed by atoms with Crippen molar-refractivity contribution in [1.29, 1.82) is 0 Å². The predicted molar refractivity (Wildman–Crippen MR) is 104 cm³/mol. The average molecular weight is 452 g/mol. The van der Waals surface area contributed by atoms with Gasteiger partial charge in [-0.05, 0) is 26.7 Å². The average Bonchev–Trinajstić information content (AvgIpc) is 2.98. The van der Waals surface area contributed by atoms with Crippen molar-refractivity contribution in [2.75, 3.05) is 7.11 Å². The van der Waals surface area contributed by atoms with E-state index in [2.05, 4.69) is 4.98 Å². The fourth-order valence-corrected chi connectivity index (χ4v) is 4.81. The van der Waals surface area contributed by atoms with Gasteiger partial charge >= 0.3 is 7.60 Å². The molecule has 1 saturated heterocycles. The van der Waals surface area contributed by atoms with E-state index in [0.717, 1.165) is 0 Å². The molecule has 12 heteroatoms. The summed E-state index contributed by atoms with van der Waals surface area (Å²) in [4.78, 5) is 27.6. The fraction of sp³-hybridized carbons (Fsp3) is 0.778. The number of H-pyrrole nitrogens is 1. The number of aliphatic hydroxyl groups excluding tert-OH is 2. The summed E-state index contributed by atoms with van der Waals surface area (Å²) in [7, 11) is -3.02. The molecule has 172 valence electrons. The highest BCUT2D eigenvalue weighted by Crippen LogP contribution is 2.53. The third-order valence-corrected chi connectivity index (χ3v) is 7.24. The van der Waals surface area contributed by atoms with Crippen molar-refractivity contribution in [2.45, 2.75) is 82.8 Å². The maximum atomic E-state index is 14.3. The molecule has 10 nitrogen and oxygen atoms in total. The highest BCUT2D eigenvalue weighted by atomic mass is 31.2. The maximum absolute atomic E-state index is 14.3. The van der Waals surface area contributed by atoms with Crippen LogP contribution >= 0.6 is 7.60 Å². The molecule has 2 rings (SSSR count). The number of aryl methyl sites for hydroxylation is 1.